The number of rotatable bonds is 2. The summed E-state index contributed by atoms with van der Waals surface area (Å²) in [6.07, 6.45) is 3.55. The first-order valence-corrected chi connectivity index (χ1v) is 5.38. The van der Waals surface area contributed by atoms with E-state index in [-0.39, 0.29) is 11.3 Å². The van der Waals surface area contributed by atoms with Gasteiger partial charge in [0.1, 0.15) is 6.17 Å². The summed E-state index contributed by atoms with van der Waals surface area (Å²) in [7, 11) is 0. The minimum atomic E-state index is -0.781. The topological polar surface area (TPSA) is 0 Å². The Morgan fingerprint density at radius 1 is 1.42 bits per heavy atom. The SMILES string of the molecule is CCCC1CCC(C)C(F)C1Cl. The molecule has 0 aliphatic heterocycles. The van der Waals surface area contributed by atoms with Crippen molar-refractivity contribution in [2.24, 2.45) is 11.8 Å². The Labute approximate surface area is 79.5 Å². The molecule has 0 nitrogen and oxygen atoms in total. The zero-order valence-corrected chi connectivity index (χ0v) is 8.65. The van der Waals surface area contributed by atoms with E-state index >= 15 is 0 Å². The summed E-state index contributed by atoms with van der Waals surface area (Å²) in [5.74, 6) is 0.587. The van der Waals surface area contributed by atoms with Gasteiger partial charge in [0.25, 0.3) is 0 Å². The molecule has 0 saturated heterocycles. The molecule has 1 aliphatic carbocycles. The molecule has 1 rings (SSSR count). The van der Waals surface area contributed by atoms with Gasteiger partial charge >= 0.3 is 0 Å². The van der Waals surface area contributed by atoms with Gasteiger partial charge in [0.05, 0.1) is 5.38 Å². The summed E-state index contributed by atoms with van der Waals surface area (Å²) in [6.45, 7) is 4.09. The summed E-state index contributed by atoms with van der Waals surface area (Å²) in [6, 6.07) is 0. The fourth-order valence-corrected chi connectivity index (χ4v) is 2.54. The van der Waals surface area contributed by atoms with E-state index < -0.39 is 6.17 Å². The number of alkyl halides is 2. The number of halogens is 2. The third-order valence-corrected chi connectivity index (χ3v) is 3.55. The van der Waals surface area contributed by atoms with Crippen LogP contribution in [0.5, 0.6) is 0 Å². The Kier molecular flexibility index (Phi) is 3.82. The van der Waals surface area contributed by atoms with Gasteiger partial charge in [-0.15, -0.1) is 11.6 Å². The van der Waals surface area contributed by atoms with E-state index in [4.69, 9.17) is 11.6 Å². The zero-order valence-electron chi connectivity index (χ0n) is 7.89. The number of hydrogen-bond acceptors (Lipinski definition) is 0. The second-order valence-corrected chi connectivity index (χ2v) is 4.50. The first kappa shape index (κ1) is 10.3. The van der Waals surface area contributed by atoms with Crippen molar-refractivity contribution in [2.45, 2.75) is 51.1 Å². The van der Waals surface area contributed by atoms with Crippen LogP contribution in [0.25, 0.3) is 0 Å². The highest BCUT2D eigenvalue weighted by Crippen LogP contribution is 2.36. The van der Waals surface area contributed by atoms with Crippen LogP contribution in [0.15, 0.2) is 0 Å². The molecule has 72 valence electrons. The van der Waals surface area contributed by atoms with Crippen LogP contribution in [0, 0.1) is 11.8 Å². The van der Waals surface area contributed by atoms with Gasteiger partial charge in [0, 0.05) is 0 Å². The fraction of sp³-hybridized carbons (Fsp3) is 1.00. The lowest BCUT2D eigenvalue weighted by atomic mass is 9.79. The van der Waals surface area contributed by atoms with Crippen molar-refractivity contribution in [1.82, 2.24) is 0 Å². The Morgan fingerprint density at radius 3 is 2.67 bits per heavy atom. The lowest BCUT2D eigenvalue weighted by Crippen LogP contribution is -2.35. The van der Waals surface area contributed by atoms with E-state index in [1.807, 2.05) is 6.92 Å². The van der Waals surface area contributed by atoms with Crippen LogP contribution in [0.4, 0.5) is 4.39 Å². The molecule has 0 radical (unpaired) electrons. The minimum absolute atomic E-state index is 0.167. The van der Waals surface area contributed by atoms with Gasteiger partial charge in [-0.3, -0.25) is 0 Å². The van der Waals surface area contributed by atoms with Crippen LogP contribution in [0.3, 0.4) is 0 Å². The first-order chi connectivity index (χ1) is 5.66. The van der Waals surface area contributed by atoms with Gasteiger partial charge in [-0.25, -0.2) is 4.39 Å². The largest absolute Gasteiger partial charge is 0.246 e. The first-order valence-electron chi connectivity index (χ1n) is 4.95. The highest BCUT2D eigenvalue weighted by Gasteiger charge is 2.35. The van der Waals surface area contributed by atoms with Crippen molar-refractivity contribution < 1.29 is 4.39 Å². The standard InChI is InChI=1S/C10H18ClF/c1-3-4-8-6-5-7(2)10(12)9(8)11/h7-10H,3-6H2,1-2H3. The van der Waals surface area contributed by atoms with Gasteiger partial charge in [0.2, 0.25) is 0 Å². The highest BCUT2D eigenvalue weighted by molar-refractivity contribution is 6.21. The van der Waals surface area contributed by atoms with E-state index in [1.54, 1.807) is 0 Å². The summed E-state index contributed by atoms with van der Waals surface area (Å²) < 4.78 is 13.4. The smallest absolute Gasteiger partial charge is 0.119 e. The van der Waals surface area contributed by atoms with Crippen molar-refractivity contribution in [3.8, 4) is 0 Å². The molecule has 1 aliphatic rings. The van der Waals surface area contributed by atoms with E-state index in [9.17, 15) is 4.39 Å². The van der Waals surface area contributed by atoms with Crippen LogP contribution in [-0.4, -0.2) is 11.5 Å². The Bertz CT molecular complexity index is 138. The second-order valence-electron chi connectivity index (χ2n) is 3.99. The fourth-order valence-electron chi connectivity index (χ4n) is 2.04. The molecule has 0 heterocycles. The van der Waals surface area contributed by atoms with Crippen molar-refractivity contribution in [3.05, 3.63) is 0 Å². The van der Waals surface area contributed by atoms with Gasteiger partial charge in [-0.05, 0) is 31.1 Å². The Morgan fingerprint density at radius 2 is 2.08 bits per heavy atom. The lowest BCUT2D eigenvalue weighted by Gasteiger charge is -2.34. The molecule has 0 spiro atoms. The van der Waals surface area contributed by atoms with Gasteiger partial charge < -0.3 is 0 Å². The molecule has 0 aromatic rings. The number of hydrogen-bond donors (Lipinski definition) is 0. The zero-order chi connectivity index (χ0) is 9.14. The van der Waals surface area contributed by atoms with Gasteiger partial charge in [-0.1, -0.05) is 20.3 Å². The Balaban J connectivity index is 2.46. The van der Waals surface area contributed by atoms with Crippen molar-refractivity contribution in [3.63, 3.8) is 0 Å². The van der Waals surface area contributed by atoms with Gasteiger partial charge in [-0.2, -0.15) is 0 Å². The van der Waals surface area contributed by atoms with Crippen LogP contribution in [-0.2, 0) is 0 Å². The molecule has 0 aromatic carbocycles. The average molecular weight is 193 g/mol. The molecule has 1 saturated carbocycles. The second kappa shape index (κ2) is 4.45. The van der Waals surface area contributed by atoms with Crippen LogP contribution in [0.1, 0.15) is 39.5 Å². The molecule has 1 fully saturated rings. The van der Waals surface area contributed by atoms with E-state index in [2.05, 4.69) is 6.92 Å². The quantitative estimate of drug-likeness (QED) is 0.585. The third-order valence-electron chi connectivity index (χ3n) is 2.95. The predicted molar refractivity (Wildman–Crippen MR) is 51.3 cm³/mol. The summed E-state index contributed by atoms with van der Waals surface area (Å²) >= 11 is 6.03. The van der Waals surface area contributed by atoms with Crippen molar-refractivity contribution >= 4 is 11.6 Å². The monoisotopic (exact) mass is 192 g/mol. The van der Waals surface area contributed by atoms with Gasteiger partial charge in [0.15, 0.2) is 0 Å². The van der Waals surface area contributed by atoms with Crippen LogP contribution in [0.2, 0.25) is 0 Å². The molecule has 12 heavy (non-hydrogen) atoms. The van der Waals surface area contributed by atoms with Crippen LogP contribution >= 0.6 is 11.6 Å². The van der Waals surface area contributed by atoms with E-state index in [1.165, 1.54) is 0 Å². The summed E-state index contributed by atoms with van der Waals surface area (Å²) in [5, 5.41) is -0.228. The van der Waals surface area contributed by atoms with Crippen molar-refractivity contribution in [2.75, 3.05) is 0 Å². The molecule has 4 unspecified atom stereocenters. The Hall–Kier alpha value is 0.220. The third kappa shape index (κ3) is 2.12. The molecule has 4 atom stereocenters. The average Bonchev–Trinajstić information content (AvgIpc) is 2.07. The lowest BCUT2D eigenvalue weighted by molar-refractivity contribution is 0.138. The van der Waals surface area contributed by atoms with E-state index in [0.717, 1.165) is 25.7 Å². The highest BCUT2D eigenvalue weighted by atomic mass is 35.5. The molecular weight excluding hydrogens is 175 g/mol. The maximum absolute atomic E-state index is 13.4. The van der Waals surface area contributed by atoms with Crippen molar-refractivity contribution in [1.29, 1.82) is 0 Å². The molecule has 0 aromatic heterocycles. The maximum atomic E-state index is 13.4. The van der Waals surface area contributed by atoms with E-state index in [0.29, 0.717) is 5.92 Å². The summed E-state index contributed by atoms with van der Waals surface area (Å²) in [5.41, 5.74) is 0. The molecule has 0 amide bonds. The predicted octanol–water partition coefficient (Wildman–Crippen LogP) is 3.78. The molecule has 2 heteroatoms. The molecule has 0 bridgehead atoms. The molecule has 0 N–H and O–H groups in total. The molecular formula is C10H18ClF. The maximum Gasteiger partial charge on any atom is 0.119 e. The minimum Gasteiger partial charge on any atom is -0.246 e. The summed E-state index contributed by atoms with van der Waals surface area (Å²) in [4.78, 5) is 0. The normalized spacial score (nSPS) is 43.0. The van der Waals surface area contributed by atoms with Crippen LogP contribution < -0.4 is 0 Å².